The van der Waals surface area contributed by atoms with E-state index in [9.17, 15) is 4.79 Å². The van der Waals surface area contributed by atoms with Crippen LogP contribution in [-0.2, 0) is 0 Å². The molecule has 0 heterocycles. The number of nitrogens with two attached hydrogens (primary N) is 1. The van der Waals surface area contributed by atoms with Crippen molar-refractivity contribution >= 4 is 18.2 Å². The smallest absolute Gasteiger partial charge is 0.179 e. The molecule has 66 valence electrons. The first kappa shape index (κ1) is 6.63. The fourth-order valence-corrected chi connectivity index (χ4v) is 0.782. The van der Waals surface area contributed by atoms with E-state index in [1.54, 1.807) is 30.3 Å². The summed E-state index contributed by atoms with van der Waals surface area (Å²) in [4.78, 5) is 11.5. The monoisotopic (exact) mass is 188 g/mol. The van der Waals surface area contributed by atoms with E-state index in [1.165, 1.54) is 0 Å². The van der Waals surface area contributed by atoms with Gasteiger partial charge in [-0.2, -0.15) is 0 Å². The number of rotatable bonds is 2. The van der Waals surface area contributed by atoms with Gasteiger partial charge in [0, 0.05) is 9.68 Å². The first-order chi connectivity index (χ1) is 6.43. The van der Waals surface area contributed by atoms with Crippen LogP contribution in [0.3, 0.4) is 0 Å². The molecule has 0 fully saturated rings. The Labute approximate surface area is 82.4 Å². The maximum absolute atomic E-state index is 11.5. The fourth-order valence-electron chi connectivity index (χ4n) is 0.782. The molecule has 1 atom stereocenters. The Morgan fingerprint density at radius 1 is 1.50 bits per heavy atom. The van der Waals surface area contributed by atoms with Crippen LogP contribution in [0.2, 0.25) is 0 Å². The predicted molar refractivity (Wildman–Crippen MR) is 51.7 cm³/mol. The topological polar surface area (TPSA) is 43.1 Å². The van der Waals surface area contributed by atoms with Crippen molar-refractivity contribution in [3.63, 3.8) is 0 Å². The molecule has 1 unspecified atom stereocenters. The molecule has 12 heavy (non-hydrogen) atoms. The Balaban J connectivity index is 0.00000196. The lowest BCUT2D eigenvalue weighted by molar-refractivity contribution is 0.0968. The fraction of sp³-hybridized carbons (Fsp3) is 0.222. The number of ketones is 1. The first-order valence-corrected chi connectivity index (χ1v) is 3.28. The molecular weight excluding hydrogens is 174 g/mol. The van der Waals surface area contributed by atoms with Gasteiger partial charge in [-0.3, -0.25) is 4.79 Å². The molecule has 0 amide bonds. The van der Waals surface area contributed by atoms with Crippen molar-refractivity contribution in [2.45, 2.75) is 12.9 Å². The second-order valence-electron chi connectivity index (χ2n) is 2.21. The maximum Gasteiger partial charge on any atom is 0.179 e. The molecule has 1 rings (SSSR count). The Bertz CT molecular complexity index is 326. The molecule has 1 aromatic carbocycles. The van der Waals surface area contributed by atoms with Crippen molar-refractivity contribution in [2.24, 2.45) is 5.73 Å². The second kappa shape index (κ2) is 4.91. The van der Waals surface area contributed by atoms with Gasteiger partial charge >= 0.3 is 0 Å². The zero-order chi connectivity index (χ0) is 10.8. The van der Waals surface area contributed by atoms with E-state index in [1.807, 2.05) is 0 Å². The van der Waals surface area contributed by atoms with Gasteiger partial charge in [-0.25, -0.2) is 0 Å². The second-order valence-corrected chi connectivity index (χ2v) is 2.21. The number of halogens is 1. The standard InChI is InChI=1S/C9H11NO.ClH/c1-7(10)9(11)8-5-3-2-4-6-8;/h2-7H,10H2,1H3;1H/i1D3;. The van der Waals surface area contributed by atoms with Gasteiger partial charge in [0.05, 0.1) is 6.04 Å². The van der Waals surface area contributed by atoms with E-state index in [4.69, 9.17) is 9.85 Å². The van der Waals surface area contributed by atoms with Gasteiger partial charge in [-0.15, -0.1) is 12.4 Å². The minimum absolute atomic E-state index is 0. The molecule has 2 N–H and O–H groups in total. The number of Topliss-reactive ketones (excluding diaryl/α,β-unsaturated/α-hetero) is 1. The molecule has 1 aromatic rings. The van der Waals surface area contributed by atoms with Crippen LogP contribution in [0, 0.1) is 0 Å². The highest BCUT2D eigenvalue weighted by atomic mass is 35.5. The molecular formula is C9H12ClNO. The number of benzene rings is 1. The largest absolute Gasteiger partial charge is 0.321 e. The van der Waals surface area contributed by atoms with Gasteiger partial charge < -0.3 is 5.73 Å². The average molecular weight is 189 g/mol. The van der Waals surface area contributed by atoms with Crippen LogP contribution in [0.5, 0.6) is 0 Å². The molecule has 2 nitrogen and oxygen atoms in total. The van der Waals surface area contributed by atoms with E-state index in [0.29, 0.717) is 5.56 Å². The summed E-state index contributed by atoms with van der Waals surface area (Å²) in [7, 11) is 0. The molecule has 3 heteroatoms. The summed E-state index contributed by atoms with van der Waals surface area (Å²) in [5, 5.41) is 0. The third kappa shape index (κ3) is 2.64. The molecule has 0 aliphatic rings. The number of hydrogen-bond donors (Lipinski definition) is 1. The van der Waals surface area contributed by atoms with E-state index >= 15 is 0 Å². The van der Waals surface area contributed by atoms with Gasteiger partial charge in [-0.1, -0.05) is 30.3 Å². The van der Waals surface area contributed by atoms with Gasteiger partial charge in [0.2, 0.25) is 0 Å². The third-order valence-electron chi connectivity index (χ3n) is 1.34. The lowest BCUT2D eigenvalue weighted by Crippen LogP contribution is -2.26. The van der Waals surface area contributed by atoms with Crippen molar-refractivity contribution < 1.29 is 8.91 Å². The van der Waals surface area contributed by atoms with Gasteiger partial charge in [-0.05, 0) is 6.85 Å². The summed E-state index contributed by atoms with van der Waals surface area (Å²) < 4.78 is 21.0. The Kier molecular flexibility index (Phi) is 2.71. The van der Waals surface area contributed by atoms with Crippen LogP contribution in [-0.4, -0.2) is 11.8 Å². The zero-order valence-electron chi connectivity index (χ0n) is 9.36. The molecule has 0 bridgehead atoms. The number of hydrogen-bond acceptors (Lipinski definition) is 2. The van der Waals surface area contributed by atoms with Crippen molar-refractivity contribution in [3.8, 4) is 0 Å². The van der Waals surface area contributed by atoms with Crippen molar-refractivity contribution in [2.75, 3.05) is 0 Å². The van der Waals surface area contributed by atoms with Crippen molar-refractivity contribution in [1.82, 2.24) is 0 Å². The van der Waals surface area contributed by atoms with Crippen molar-refractivity contribution in [3.05, 3.63) is 35.9 Å². The molecule has 0 saturated heterocycles. The van der Waals surface area contributed by atoms with E-state index < -0.39 is 18.7 Å². The van der Waals surface area contributed by atoms with Crippen LogP contribution in [0.1, 0.15) is 21.3 Å². The number of carbonyl (C=O) groups excluding carboxylic acids is 1. The number of carbonyl (C=O) groups is 1. The van der Waals surface area contributed by atoms with E-state index in [-0.39, 0.29) is 12.4 Å². The highest BCUT2D eigenvalue weighted by molar-refractivity contribution is 5.99. The summed E-state index contributed by atoms with van der Waals surface area (Å²) in [6.45, 7) is -2.44. The first-order valence-electron chi connectivity index (χ1n) is 4.78. The van der Waals surface area contributed by atoms with Crippen LogP contribution >= 0.6 is 12.4 Å². The van der Waals surface area contributed by atoms with Crippen LogP contribution in [0.15, 0.2) is 30.3 Å². The zero-order valence-corrected chi connectivity index (χ0v) is 7.17. The van der Waals surface area contributed by atoms with Crippen molar-refractivity contribution in [1.29, 1.82) is 0 Å². The quantitative estimate of drug-likeness (QED) is 0.718. The predicted octanol–water partition coefficient (Wildman–Crippen LogP) is 1.64. The summed E-state index contributed by atoms with van der Waals surface area (Å²) in [6.07, 6.45) is 0. The highest BCUT2D eigenvalue weighted by Gasteiger charge is 2.08. The average Bonchev–Trinajstić information content (AvgIpc) is 2.15. The molecule has 0 saturated carbocycles. The van der Waals surface area contributed by atoms with E-state index in [2.05, 4.69) is 0 Å². The van der Waals surface area contributed by atoms with Gasteiger partial charge in [0.15, 0.2) is 5.78 Å². The molecule has 0 aliphatic carbocycles. The Morgan fingerprint density at radius 2 is 2.08 bits per heavy atom. The lowest BCUT2D eigenvalue weighted by Gasteiger charge is -2.02. The molecule has 0 aromatic heterocycles. The third-order valence-corrected chi connectivity index (χ3v) is 1.34. The summed E-state index contributed by atoms with van der Waals surface area (Å²) in [5.41, 5.74) is 5.64. The molecule has 0 aliphatic heterocycles. The van der Waals surface area contributed by atoms with Gasteiger partial charge in [0.25, 0.3) is 0 Å². The summed E-state index contributed by atoms with van der Waals surface area (Å²) in [5.74, 6) is -0.550. The SMILES string of the molecule is Cl.[2H]C([2H])([2H])C(N)C(=O)c1ccccc1. The normalized spacial score (nSPS) is 16.2. The van der Waals surface area contributed by atoms with Crippen LogP contribution in [0.25, 0.3) is 0 Å². The van der Waals surface area contributed by atoms with Crippen LogP contribution in [0.4, 0.5) is 0 Å². The van der Waals surface area contributed by atoms with Crippen LogP contribution < -0.4 is 5.73 Å². The van der Waals surface area contributed by atoms with Gasteiger partial charge in [0.1, 0.15) is 0 Å². The highest BCUT2D eigenvalue weighted by Crippen LogP contribution is 2.01. The summed E-state index contributed by atoms with van der Waals surface area (Å²) >= 11 is 0. The van der Waals surface area contributed by atoms with E-state index in [0.717, 1.165) is 0 Å². The Hall–Kier alpha value is -0.860. The lowest BCUT2D eigenvalue weighted by atomic mass is 10.1. The Morgan fingerprint density at radius 3 is 2.58 bits per heavy atom. The minimum atomic E-state index is -2.44. The maximum atomic E-state index is 11.5. The molecule has 0 radical (unpaired) electrons. The summed E-state index contributed by atoms with van der Waals surface area (Å²) in [6, 6.07) is 6.74. The minimum Gasteiger partial charge on any atom is -0.321 e. The molecule has 0 spiro atoms.